The molecule has 31 heavy (non-hydrogen) atoms. The van der Waals surface area contributed by atoms with Gasteiger partial charge in [-0.1, -0.05) is 32.9 Å². The molecule has 2 aromatic carbocycles. The number of nitrogens with one attached hydrogen (secondary N) is 1. The molecular weight excluding hydrogens is 396 g/mol. The predicted octanol–water partition coefficient (Wildman–Crippen LogP) is 4.18. The number of aromatic nitrogens is 1. The molecule has 162 valence electrons. The van der Waals surface area contributed by atoms with Gasteiger partial charge in [0.15, 0.2) is 0 Å². The predicted molar refractivity (Wildman–Crippen MR) is 120 cm³/mol. The highest BCUT2D eigenvalue weighted by Crippen LogP contribution is 2.27. The summed E-state index contributed by atoms with van der Waals surface area (Å²) in [4.78, 5) is 37.9. The summed E-state index contributed by atoms with van der Waals surface area (Å²) in [7, 11) is 0. The van der Waals surface area contributed by atoms with Gasteiger partial charge in [-0.3, -0.25) is 9.59 Å². The molecule has 3 aromatic rings. The number of amides is 1. The Morgan fingerprint density at radius 2 is 1.77 bits per heavy atom. The molecule has 0 aliphatic heterocycles. The van der Waals surface area contributed by atoms with Crippen LogP contribution in [0.5, 0.6) is 5.75 Å². The molecule has 0 bridgehead atoms. The molecule has 1 heterocycles. The zero-order valence-corrected chi connectivity index (χ0v) is 17.8. The summed E-state index contributed by atoms with van der Waals surface area (Å²) >= 11 is 0. The van der Waals surface area contributed by atoms with Crippen LogP contribution in [0.15, 0.2) is 53.3 Å². The van der Waals surface area contributed by atoms with Gasteiger partial charge < -0.3 is 19.7 Å². The van der Waals surface area contributed by atoms with Gasteiger partial charge in [0.1, 0.15) is 11.3 Å². The molecule has 0 fully saturated rings. The molecule has 1 aromatic heterocycles. The normalized spacial score (nSPS) is 11.0. The minimum absolute atomic E-state index is 0.168. The number of carbonyl (C=O) groups is 2. The monoisotopic (exact) mass is 422 g/mol. The molecule has 2 N–H and O–H groups in total. The van der Waals surface area contributed by atoms with E-state index in [4.69, 9.17) is 4.74 Å². The molecule has 0 atom stereocenters. The van der Waals surface area contributed by atoms with Gasteiger partial charge in [0.2, 0.25) is 0 Å². The summed E-state index contributed by atoms with van der Waals surface area (Å²) in [5.41, 5.74) is 0.455. The molecule has 0 aliphatic carbocycles. The summed E-state index contributed by atoms with van der Waals surface area (Å²) in [6.45, 7) is 6.60. The number of benzene rings is 2. The van der Waals surface area contributed by atoms with E-state index in [1.807, 2.05) is 20.8 Å². The molecule has 7 heteroatoms. The second kappa shape index (κ2) is 9.47. The number of nitrogens with zero attached hydrogens (tertiary/aromatic N) is 1. The first-order chi connectivity index (χ1) is 14.8. The average molecular weight is 422 g/mol. The maximum absolute atomic E-state index is 13.1. The van der Waals surface area contributed by atoms with E-state index in [0.717, 1.165) is 6.42 Å². The van der Waals surface area contributed by atoms with Crippen LogP contribution in [0, 0.1) is 5.92 Å². The number of anilines is 1. The number of hydrogen-bond acceptors (Lipinski definition) is 5. The van der Waals surface area contributed by atoms with E-state index < -0.39 is 17.4 Å². The Kier molecular flexibility index (Phi) is 6.74. The fourth-order valence-electron chi connectivity index (χ4n) is 3.30. The highest BCUT2D eigenvalue weighted by atomic mass is 16.5. The molecule has 0 spiro atoms. The number of esters is 1. The quantitative estimate of drug-likeness (QED) is 0.557. The second-order valence-electron chi connectivity index (χ2n) is 7.72. The third-order valence-electron chi connectivity index (χ3n) is 4.74. The fraction of sp³-hybridized carbons (Fsp3) is 0.292. The van der Waals surface area contributed by atoms with Gasteiger partial charge >= 0.3 is 5.97 Å². The zero-order chi connectivity index (χ0) is 22.5. The zero-order valence-electron chi connectivity index (χ0n) is 17.8. The summed E-state index contributed by atoms with van der Waals surface area (Å²) in [5.74, 6) is -1.34. The van der Waals surface area contributed by atoms with E-state index in [1.54, 1.807) is 36.4 Å². The lowest BCUT2D eigenvalue weighted by Gasteiger charge is -2.16. The van der Waals surface area contributed by atoms with Crippen LogP contribution in [0.3, 0.4) is 0 Å². The van der Waals surface area contributed by atoms with Crippen molar-refractivity contribution >= 4 is 28.5 Å². The Morgan fingerprint density at radius 3 is 2.42 bits per heavy atom. The molecule has 0 aliphatic rings. The van der Waals surface area contributed by atoms with Crippen LogP contribution in [-0.4, -0.2) is 28.2 Å². The molecule has 0 saturated carbocycles. The number of fused-ring (bicyclic) bond motifs is 1. The number of hydrogen-bond donors (Lipinski definition) is 2. The van der Waals surface area contributed by atoms with Gasteiger partial charge in [0.05, 0.1) is 17.7 Å². The molecular formula is C24H26N2O5. The highest BCUT2D eigenvalue weighted by Gasteiger charge is 2.22. The van der Waals surface area contributed by atoms with Crippen LogP contribution < -0.4 is 10.9 Å². The molecule has 0 unspecified atom stereocenters. The van der Waals surface area contributed by atoms with E-state index in [9.17, 15) is 19.5 Å². The minimum Gasteiger partial charge on any atom is -0.506 e. The van der Waals surface area contributed by atoms with Gasteiger partial charge in [-0.05, 0) is 48.7 Å². The first-order valence-electron chi connectivity index (χ1n) is 10.3. The first kappa shape index (κ1) is 22.1. The third kappa shape index (κ3) is 4.77. The van der Waals surface area contributed by atoms with Gasteiger partial charge in [0, 0.05) is 17.6 Å². The lowest BCUT2D eigenvalue weighted by molar-refractivity contribution is 0.0505. The Hall–Kier alpha value is -3.61. The number of carbonyl (C=O) groups excluding carboxylic acids is 2. The molecule has 0 radical (unpaired) electrons. The summed E-state index contributed by atoms with van der Waals surface area (Å²) in [6, 6.07) is 13.1. The van der Waals surface area contributed by atoms with E-state index in [-0.39, 0.29) is 17.2 Å². The van der Waals surface area contributed by atoms with Gasteiger partial charge in [0.25, 0.3) is 11.5 Å². The van der Waals surface area contributed by atoms with Crippen molar-refractivity contribution in [2.45, 2.75) is 33.7 Å². The average Bonchev–Trinajstić information content (AvgIpc) is 2.75. The standard InChI is InChI=1S/C24H26N2O5/c1-4-13-31-24(30)16-9-11-17(12-10-16)25-22(28)20-21(27)18-7-5-6-8-19(18)26(23(20)29)14-15(2)3/h5-12,15,27H,4,13-14H2,1-3H3,(H,25,28). The van der Waals surface area contributed by atoms with Crippen molar-refractivity contribution in [1.82, 2.24) is 4.57 Å². The van der Waals surface area contributed by atoms with E-state index in [0.29, 0.717) is 35.3 Å². The number of rotatable bonds is 7. The summed E-state index contributed by atoms with van der Waals surface area (Å²) < 4.78 is 6.60. The van der Waals surface area contributed by atoms with Crippen molar-refractivity contribution in [3.8, 4) is 5.75 Å². The number of ether oxygens (including phenoxy) is 1. The lowest BCUT2D eigenvalue weighted by atomic mass is 10.1. The lowest BCUT2D eigenvalue weighted by Crippen LogP contribution is -2.31. The molecule has 0 saturated heterocycles. The van der Waals surface area contributed by atoms with Crippen LogP contribution in [-0.2, 0) is 11.3 Å². The Bertz CT molecular complexity index is 1160. The fourth-order valence-corrected chi connectivity index (χ4v) is 3.30. The Labute approximate surface area is 180 Å². The maximum Gasteiger partial charge on any atom is 0.338 e. The summed E-state index contributed by atoms with van der Waals surface area (Å²) in [5, 5.41) is 13.8. The number of aromatic hydroxyl groups is 1. The summed E-state index contributed by atoms with van der Waals surface area (Å²) in [6.07, 6.45) is 0.726. The van der Waals surface area contributed by atoms with Crippen molar-refractivity contribution in [2.24, 2.45) is 5.92 Å². The van der Waals surface area contributed by atoms with Crippen molar-refractivity contribution in [1.29, 1.82) is 0 Å². The minimum atomic E-state index is -0.716. The second-order valence-corrected chi connectivity index (χ2v) is 7.72. The van der Waals surface area contributed by atoms with Gasteiger partial charge in [-0.15, -0.1) is 0 Å². The van der Waals surface area contributed by atoms with Crippen LogP contribution >= 0.6 is 0 Å². The Balaban J connectivity index is 1.94. The Morgan fingerprint density at radius 1 is 1.10 bits per heavy atom. The van der Waals surface area contributed by atoms with Crippen molar-refractivity contribution in [3.05, 3.63) is 70.0 Å². The topological polar surface area (TPSA) is 97.6 Å². The van der Waals surface area contributed by atoms with E-state index >= 15 is 0 Å². The van der Waals surface area contributed by atoms with Crippen molar-refractivity contribution in [3.63, 3.8) is 0 Å². The van der Waals surface area contributed by atoms with Gasteiger partial charge in [-0.2, -0.15) is 0 Å². The molecule has 1 amide bonds. The highest BCUT2D eigenvalue weighted by molar-refractivity contribution is 6.09. The van der Waals surface area contributed by atoms with E-state index in [1.165, 1.54) is 16.7 Å². The van der Waals surface area contributed by atoms with Crippen molar-refractivity contribution in [2.75, 3.05) is 11.9 Å². The van der Waals surface area contributed by atoms with Crippen LogP contribution in [0.4, 0.5) is 5.69 Å². The van der Waals surface area contributed by atoms with E-state index in [2.05, 4.69) is 5.32 Å². The number of pyridine rings is 1. The first-order valence-corrected chi connectivity index (χ1v) is 10.3. The molecule has 7 nitrogen and oxygen atoms in total. The van der Waals surface area contributed by atoms with Crippen molar-refractivity contribution < 1.29 is 19.4 Å². The largest absolute Gasteiger partial charge is 0.506 e. The SMILES string of the molecule is CCCOC(=O)c1ccc(NC(=O)c2c(O)c3ccccc3n(CC(C)C)c2=O)cc1. The smallest absolute Gasteiger partial charge is 0.338 e. The van der Waals surface area contributed by atoms with Gasteiger partial charge in [-0.25, -0.2) is 4.79 Å². The number of para-hydroxylation sites is 1. The third-order valence-corrected chi connectivity index (χ3v) is 4.74. The van der Waals surface area contributed by atoms with Crippen LogP contribution in [0.2, 0.25) is 0 Å². The van der Waals surface area contributed by atoms with Crippen LogP contribution in [0.1, 0.15) is 47.9 Å². The maximum atomic E-state index is 13.1. The van der Waals surface area contributed by atoms with Crippen LogP contribution in [0.25, 0.3) is 10.9 Å². The molecule has 3 rings (SSSR count).